The molecule has 0 saturated carbocycles. The minimum atomic E-state index is -4.03. The number of amides is 1. The standard InChI is InChI=1S/C25H38N4O6S/c1-6-28-24(14-22(26-28)25(31)27(4)5)29(15-18(2)3)36(32,33)21-7-8-23(20(13-21)16-30)35-17-19-9-11-34-12-10-19/h7-8,13-14,18-19,30H,6,9-12,15-17H2,1-5H3. The molecule has 1 aromatic heterocycles. The van der Waals surface area contributed by atoms with Crippen LogP contribution in [0.1, 0.15) is 49.7 Å². The van der Waals surface area contributed by atoms with E-state index >= 15 is 0 Å². The fourth-order valence-electron chi connectivity index (χ4n) is 4.05. The zero-order valence-electron chi connectivity index (χ0n) is 21.8. The van der Waals surface area contributed by atoms with Gasteiger partial charge < -0.3 is 19.5 Å². The van der Waals surface area contributed by atoms with Crippen LogP contribution in [0.5, 0.6) is 5.75 Å². The first-order valence-electron chi connectivity index (χ1n) is 12.3. The molecule has 1 amide bonds. The largest absolute Gasteiger partial charge is 0.493 e. The van der Waals surface area contributed by atoms with Crippen molar-refractivity contribution < 1.29 is 27.8 Å². The van der Waals surface area contributed by atoms with Gasteiger partial charge in [0.25, 0.3) is 15.9 Å². The zero-order chi connectivity index (χ0) is 26.5. The molecule has 0 bridgehead atoms. The minimum absolute atomic E-state index is 0.00683. The molecule has 0 spiro atoms. The smallest absolute Gasteiger partial charge is 0.273 e. The van der Waals surface area contributed by atoms with Gasteiger partial charge in [-0.25, -0.2) is 17.4 Å². The highest BCUT2D eigenvalue weighted by molar-refractivity contribution is 7.92. The van der Waals surface area contributed by atoms with E-state index in [1.807, 2.05) is 20.8 Å². The third-order valence-corrected chi connectivity index (χ3v) is 7.84. The Morgan fingerprint density at radius 2 is 1.94 bits per heavy atom. The molecule has 10 nitrogen and oxygen atoms in total. The van der Waals surface area contributed by atoms with Crippen molar-refractivity contribution in [2.45, 2.75) is 51.7 Å². The molecule has 1 aliphatic rings. The summed E-state index contributed by atoms with van der Waals surface area (Å²) < 4.78 is 41.9. The Morgan fingerprint density at radius 3 is 2.53 bits per heavy atom. The molecular weight excluding hydrogens is 484 g/mol. The van der Waals surface area contributed by atoms with Crippen molar-refractivity contribution in [2.24, 2.45) is 11.8 Å². The van der Waals surface area contributed by atoms with Gasteiger partial charge in [0, 0.05) is 52.0 Å². The number of anilines is 1. The van der Waals surface area contributed by atoms with Gasteiger partial charge in [-0.15, -0.1) is 0 Å². The molecule has 0 radical (unpaired) electrons. The lowest BCUT2D eigenvalue weighted by Gasteiger charge is -2.27. The molecule has 1 N–H and O–H groups in total. The van der Waals surface area contributed by atoms with E-state index in [0.29, 0.717) is 49.4 Å². The molecule has 0 unspecified atom stereocenters. The zero-order valence-corrected chi connectivity index (χ0v) is 22.6. The Hall–Kier alpha value is -2.63. The van der Waals surface area contributed by atoms with E-state index in [4.69, 9.17) is 9.47 Å². The van der Waals surface area contributed by atoms with Crippen molar-refractivity contribution in [1.29, 1.82) is 0 Å². The Balaban J connectivity index is 1.95. The summed E-state index contributed by atoms with van der Waals surface area (Å²) in [6.45, 7) is 7.82. The third-order valence-electron chi connectivity index (χ3n) is 6.08. The Morgan fingerprint density at radius 1 is 1.25 bits per heavy atom. The van der Waals surface area contributed by atoms with Crippen molar-refractivity contribution in [3.8, 4) is 5.75 Å². The van der Waals surface area contributed by atoms with Crippen LogP contribution in [0, 0.1) is 11.8 Å². The lowest BCUT2D eigenvalue weighted by molar-refractivity contribution is 0.0494. The summed E-state index contributed by atoms with van der Waals surface area (Å²) in [4.78, 5) is 14.0. The molecule has 0 aliphatic carbocycles. The van der Waals surface area contributed by atoms with Gasteiger partial charge >= 0.3 is 0 Å². The van der Waals surface area contributed by atoms with Gasteiger partial charge in [-0.2, -0.15) is 5.10 Å². The van der Waals surface area contributed by atoms with E-state index in [0.717, 1.165) is 12.8 Å². The second-order valence-electron chi connectivity index (χ2n) is 9.63. The van der Waals surface area contributed by atoms with Crippen molar-refractivity contribution in [2.75, 3.05) is 44.8 Å². The number of sulfonamides is 1. The maximum absolute atomic E-state index is 13.9. The van der Waals surface area contributed by atoms with Crippen LogP contribution in [0.25, 0.3) is 0 Å². The van der Waals surface area contributed by atoms with Crippen LogP contribution in [0.4, 0.5) is 5.82 Å². The number of aliphatic hydroxyl groups is 1. The molecular formula is C25H38N4O6S. The fourth-order valence-corrected chi connectivity index (χ4v) is 5.72. The van der Waals surface area contributed by atoms with Gasteiger partial charge in [-0.3, -0.25) is 4.79 Å². The minimum Gasteiger partial charge on any atom is -0.493 e. The maximum atomic E-state index is 13.9. The van der Waals surface area contributed by atoms with E-state index in [2.05, 4.69) is 5.10 Å². The lowest BCUT2D eigenvalue weighted by atomic mass is 10.0. The highest BCUT2D eigenvalue weighted by atomic mass is 32.2. The normalized spacial score (nSPS) is 14.8. The van der Waals surface area contributed by atoms with Gasteiger partial charge in [-0.05, 0) is 49.8 Å². The molecule has 0 atom stereocenters. The summed E-state index contributed by atoms with van der Waals surface area (Å²) in [7, 11) is -0.789. The van der Waals surface area contributed by atoms with E-state index in [9.17, 15) is 18.3 Å². The van der Waals surface area contributed by atoms with Crippen LogP contribution >= 0.6 is 0 Å². The van der Waals surface area contributed by atoms with Crippen LogP contribution in [0.2, 0.25) is 0 Å². The Labute approximate surface area is 213 Å². The molecule has 200 valence electrons. The van der Waals surface area contributed by atoms with E-state index in [-0.39, 0.29) is 35.6 Å². The molecule has 2 heterocycles. The fraction of sp³-hybridized carbons (Fsp3) is 0.600. The maximum Gasteiger partial charge on any atom is 0.273 e. The van der Waals surface area contributed by atoms with E-state index < -0.39 is 10.0 Å². The molecule has 1 aromatic carbocycles. The van der Waals surface area contributed by atoms with Crippen molar-refractivity contribution >= 4 is 21.7 Å². The molecule has 3 rings (SSSR count). The van der Waals surface area contributed by atoms with E-state index in [1.165, 1.54) is 32.1 Å². The quantitative estimate of drug-likeness (QED) is 0.483. The average Bonchev–Trinajstić information content (AvgIpc) is 3.29. The predicted molar refractivity (Wildman–Crippen MR) is 137 cm³/mol. The van der Waals surface area contributed by atoms with Crippen LogP contribution in [-0.2, 0) is 27.9 Å². The monoisotopic (exact) mass is 522 g/mol. The van der Waals surface area contributed by atoms with Crippen LogP contribution in [-0.4, -0.2) is 74.6 Å². The first-order chi connectivity index (χ1) is 17.1. The van der Waals surface area contributed by atoms with E-state index in [1.54, 1.807) is 20.2 Å². The molecule has 36 heavy (non-hydrogen) atoms. The molecule has 11 heteroatoms. The van der Waals surface area contributed by atoms with Crippen molar-refractivity contribution in [1.82, 2.24) is 14.7 Å². The van der Waals surface area contributed by atoms with Gasteiger partial charge in [0.15, 0.2) is 5.69 Å². The van der Waals surface area contributed by atoms with Crippen molar-refractivity contribution in [3.05, 3.63) is 35.5 Å². The van der Waals surface area contributed by atoms with Gasteiger partial charge in [-0.1, -0.05) is 13.8 Å². The molecule has 1 fully saturated rings. The van der Waals surface area contributed by atoms with Crippen LogP contribution in [0.15, 0.2) is 29.2 Å². The second kappa shape index (κ2) is 12.1. The molecule has 1 aliphatic heterocycles. The number of nitrogens with zero attached hydrogens (tertiary/aromatic N) is 4. The number of ether oxygens (including phenoxy) is 2. The second-order valence-corrected chi connectivity index (χ2v) is 11.5. The number of aliphatic hydroxyl groups excluding tert-OH is 1. The predicted octanol–water partition coefficient (Wildman–Crippen LogP) is 2.75. The third kappa shape index (κ3) is 6.37. The van der Waals surface area contributed by atoms with Gasteiger partial charge in [0.1, 0.15) is 11.6 Å². The summed E-state index contributed by atoms with van der Waals surface area (Å²) in [6, 6.07) is 6.08. The van der Waals surface area contributed by atoms with Crippen LogP contribution in [0.3, 0.4) is 0 Å². The lowest BCUT2D eigenvalue weighted by Crippen LogP contribution is -2.36. The number of carbonyl (C=O) groups is 1. The number of hydrogen-bond acceptors (Lipinski definition) is 7. The molecule has 1 saturated heterocycles. The summed E-state index contributed by atoms with van der Waals surface area (Å²) >= 11 is 0. The first kappa shape index (κ1) is 27.9. The number of benzene rings is 1. The number of carbonyl (C=O) groups excluding carboxylic acids is 1. The summed E-state index contributed by atoms with van der Waals surface area (Å²) in [5.41, 5.74) is 0.578. The Bertz CT molecular complexity index is 1140. The highest BCUT2D eigenvalue weighted by Crippen LogP contribution is 2.30. The topological polar surface area (TPSA) is 114 Å². The summed E-state index contributed by atoms with van der Waals surface area (Å²) in [5, 5.41) is 14.3. The summed E-state index contributed by atoms with van der Waals surface area (Å²) in [6.07, 6.45) is 1.82. The first-order valence-corrected chi connectivity index (χ1v) is 13.8. The van der Waals surface area contributed by atoms with Gasteiger partial charge in [0.05, 0.1) is 18.1 Å². The number of aromatic nitrogens is 2. The molecule has 2 aromatic rings. The van der Waals surface area contributed by atoms with Crippen LogP contribution < -0.4 is 9.04 Å². The average molecular weight is 523 g/mol. The number of hydrogen-bond donors (Lipinski definition) is 1. The van der Waals surface area contributed by atoms with Gasteiger partial charge in [0.2, 0.25) is 0 Å². The van der Waals surface area contributed by atoms with Crippen molar-refractivity contribution in [3.63, 3.8) is 0 Å². The Kier molecular flexibility index (Phi) is 9.37. The highest BCUT2D eigenvalue weighted by Gasteiger charge is 2.31. The summed E-state index contributed by atoms with van der Waals surface area (Å²) in [5.74, 6) is 0.854. The number of aryl methyl sites for hydroxylation is 1. The SMILES string of the molecule is CCn1nc(C(=O)N(C)C)cc1N(CC(C)C)S(=O)(=O)c1ccc(OCC2CCOCC2)c(CO)c1. The number of rotatable bonds is 11.